The van der Waals surface area contributed by atoms with Crippen molar-refractivity contribution in [3.05, 3.63) is 60.7 Å². The predicted octanol–water partition coefficient (Wildman–Crippen LogP) is 2.55. The van der Waals surface area contributed by atoms with Gasteiger partial charge in [0, 0.05) is 0 Å². The Bertz CT molecular complexity index is 828. The Morgan fingerprint density at radius 2 is 1.61 bits per heavy atom. The van der Waals surface area contributed by atoms with Crippen LogP contribution in [0.2, 0.25) is 0 Å². The molecular weight excluding hydrogens is 292 g/mol. The molecule has 0 amide bonds. The average Bonchev–Trinajstić information content (AvgIpc) is 3.06. The summed E-state index contributed by atoms with van der Waals surface area (Å²) in [4.78, 5) is 0. The number of benzene rings is 2. The Morgan fingerprint density at radius 1 is 0.913 bits per heavy atom. The summed E-state index contributed by atoms with van der Waals surface area (Å²) < 4.78 is 12.6. The minimum atomic E-state index is -1.14. The fourth-order valence-corrected chi connectivity index (χ4v) is 4.04. The van der Waals surface area contributed by atoms with Crippen LogP contribution in [0.4, 0.5) is 0 Å². The van der Waals surface area contributed by atoms with Gasteiger partial charge < -0.3 is 19.7 Å². The van der Waals surface area contributed by atoms with Crippen molar-refractivity contribution in [3.8, 4) is 11.5 Å². The SMILES string of the molecule is OC1C=CC2(C1)C(O)C=CC21Oc2cccc3cccc(c23)O1. The number of rotatable bonds is 0. The molecule has 0 bridgehead atoms. The van der Waals surface area contributed by atoms with E-state index < -0.39 is 23.4 Å². The summed E-state index contributed by atoms with van der Waals surface area (Å²) in [6.07, 6.45) is 5.98. The van der Waals surface area contributed by atoms with E-state index in [0.717, 1.165) is 22.3 Å². The smallest absolute Gasteiger partial charge is 0.283 e. The summed E-state index contributed by atoms with van der Waals surface area (Å²) in [7, 11) is 0. The van der Waals surface area contributed by atoms with Gasteiger partial charge in [-0.2, -0.15) is 0 Å². The van der Waals surface area contributed by atoms with Gasteiger partial charge in [-0.3, -0.25) is 0 Å². The van der Waals surface area contributed by atoms with E-state index in [1.807, 2.05) is 42.5 Å². The van der Waals surface area contributed by atoms with Crippen LogP contribution >= 0.6 is 0 Å². The van der Waals surface area contributed by atoms with Crippen molar-refractivity contribution < 1.29 is 19.7 Å². The van der Waals surface area contributed by atoms with Crippen LogP contribution < -0.4 is 9.47 Å². The molecule has 0 saturated carbocycles. The highest BCUT2D eigenvalue weighted by Gasteiger charge is 2.63. The number of hydrogen-bond donors (Lipinski definition) is 2. The molecule has 116 valence electrons. The maximum absolute atomic E-state index is 10.5. The van der Waals surface area contributed by atoms with Crippen molar-refractivity contribution in [2.75, 3.05) is 0 Å². The fraction of sp³-hybridized carbons (Fsp3) is 0.263. The Kier molecular flexibility index (Phi) is 2.38. The van der Waals surface area contributed by atoms with Crippen molar-refractivity contribution >= 4 is 10.8 Å². The second-order valence-electron chi connectivity index (χ2n) is 6.46. The van der Waals surface area contributed by atoms with Crippen LogP contribution in [0.25, 0.3) is 10.8 Å². The molecule has 0 aromatic heterocycles. The molecule has 1 aliphatic heterocycles. The van der Waals surface area contributed by atoms with Crippen molar-refractivity contribution in [3.63, 3.8) is 0 Å². The molecule has 4 heteroatoms. The lowest BCUT2D eigenvalue weighted by atomic mass is 9.77. The summed E-state index contributed by atoms with van der Waals surface area (Å²) in [6.45, 7) is 0. The van der Waals surface area contributed by atoms with Crippen LogP contribution in [-0.4, -0.2) is 28.2 Å². The minimum Gasteiger partial charge on any atom is -0.447 e. The number of ether oxygens (including phenoxy) is 2. The summed E-state index contributed by atoms with van der Waals surface area (Å²) in [5.74, 6) is 0.331. The van der Waals surface area contributed by atoms with Crippen molar-refractivity contribution in [2.24, 2.45) is 5.41 Å². The molecule has 0 fully saturated rings. The van der Waals surface area contributed by atoms with E-state index in [0.29, 0.717) is 6.42 Å². The quantitative estimate of drug-likeness (QED) is 0.734. The number of aliphatic hydroxyl groups excluding tert-OH is 2. The topological polar surface area (TPSA) is 58.9 Å². The largest absolute Gasteiger partial charge is 0.447 e. The maximum Gasteiger partial charge on any atom is 0.283 e. The van der Waals surface area contributed by atoms with Gasteiger partial charge in [-0.1, -0.05) is 42.5 Å². The first-order chi connectivity index (χ1) is 11.1. The van der Waals surface area contributed by atoms with Gasteiger partial charge >= 0.3 is 0 Å². The molecule has 5 rings (SSSR count). The molecule has 1 heterocycles. The molecule has 2 aliphatic carbocycles. The Labute approximate surface area is 133 Å². The summed E-state index contributed by atoms with van der Waals surface area (Å²) in [5.41, 5.74) is -0.817. The van der Waals surface area contributed by atoms with E-state index in [1.165, 1.54) is 0 Å². The van der Waals surface area contributed by atoms with Crippen molar-refractivity contribution in [1.29, 1.82) is 0 Å². The molecule has 0 radical (unpaired) electrons. The van der Waals surface area contributed by atoms with Crippen LogP contribution in [-0.2, 0) is 0 Å². The van der Waals surface area contributed by atoms with Gasteiger partial charge in [0.25, 0.3) is 5.79 Å². The molecule has 3 unspecified atom stereocenters. The van der Waals surface area contributed by atoms with E-state index >= 15 is 0 Å². The zero-order valence-corrected chi connectivity index (χ0v) is 12.3. The molecule has 3 atom stereocenters. The van der Waals surface area contributed by atoms with Crippen LogP contribution in [0.1, 0.15) is 6.42 Å². The first-order valence-electron chi connectivity index (χ1n) is 7.78. The highest BCUT2D eigenvalue weighted by Crippen LogP contribution is 2.56. The normalized spacial score (nSPS) is 32.6. The Hall–Kier alpha value is -2.30. The third kappa shape index (κ3) is 1.52. The first-order valence-corrected chi connectivity index (χ1v) is 7.78. The maximum atomic E-state index is 10.5. The van der Waals surface area contributed by atoms with Gasteiger partial charge in [0.15, 0.2) is 0 Å². The zero-order chi connectivity index (χ0) is 15.7. The van der Waals surface area contributed by atoms with E-state index in [9.17, 15) is 10.2 Å². The van der Waals surface area contributed by atoms with E-state index in [1.54, 1.807) is 18.2 Å². The van der Waals surface area contributed by atoms with Crippen molar-refractivity contribution in [2.45, 2.75) is 24.4 Å². The van der Waals surface area contributed by atoms with E-state index in [-0.39, 0.29) is 0 Å². The van der Waals surface area contributed by atoms with Gasteiger partial charge in [-0.15, -0.1) is 0 Å². The third-order valence-corrected chi connectivity index (χ3v) is 5.19. The summed E-state index contributed by atoms with van der Waals surface area (Å²) in [6, 6.07) is 11.8. The molecule has 0 saturated heterocycles. The Morgan fingerprint density at radius 3 is 2.22 bits per heavy atom. The van der Waals surface area contributed by atoms with Gasteiger partial charge in [0.1, 0.15) is 16.9 Å². The minimum absolute atomic E-state index is 0.360. The average molecular weight is 308 g/mol. The van der Waals surface area contributed by atoms with Crippen LogP contribution in [0.3, 0.4) is 0 Å². The molecule has 3 aliphatic rings. The van der Waals surface area contributed by atoms with Crippen molar-refractivity contribution in [1.82, 2.24) is 0 Å². The molecule has 2 aromatic carbocycles. The summed E-state index contributed by atoms with van der Waals surface area (Å²) >= 11 is 0. The molecular formula is C19H16O4. The standard InChI is InChI=1S/C19H16O4/c20-13-7-9-18(11-13)16(21)8-10-19(18)22-14-5-1-3-12-4-2-6-15(23-19)17(12)14/h1-10,13,16,20-21H,11H2. The van der Waals surface area contributed by atoms with E-state index in [4.69, 9.17) is 9.47 Å². The Balaban J connectivity index is 1.71. The second kappa shape index (κ2) is 4.16. The molecule has 4 nitrogen and oxygen atoms in total. The summed E-state index contributed by atoms with van der Waals surface area (Å²) in [5, 5.41) is 22.5. The van der Waals surface area contributed by atoms with Crippen LogP contribution in [0.5, 0.6) is 11.5 Å². The third-order valence-electron chi connectivity index (χ3n) is 5.19. The number of fused-ring (bicyclic) bond motifs is 1. The van der Waals surface area contributed by atoms with E-state index in [2.05, 4.69) is 0 Å². The lowest BCUT2D eigenvalue weighted by molar-refractivity contribution is -0.170. The molecule has 23 heavy (non-hydrogen) atoms. The first kappa shape index (κ1) is 13.2. The monoisotopic (exact) mass is 308 g/mol. The number of aliphatic hydroxyl groups is 2. The van der Waals surface area contributed by atoms with Crippen LogP contribution in [0.15, 0.2) is 60.7 Å². The molecule has 2 spiro atoms. The van der Waals surface area contributed by atoms with Gasteiger partial charge in [-0.25, -0.2) is 0 Å². The highest BCUT2D eigenvalue weighted by atomic mass is 16.7. The lowest BCUT2D eigenvalue weighted by Gasteiger charge is -2.45. The van der Waals surface area contributed by atoms with Crippen LogP contribution in [0, 0.1) is 5.41 Å². The molecule has 2 aromatic rings. The highest BCUT2D eigenvalue weighted by molar-refractivity contribution is 5.94. The van der Waals surface area contributed by atoms with Gasteiger partial charge in [-0.05, 0) is 30.0 Å². The zero-order valence-electron chi connectivity index (χ0n) is 12.3. The molecule has 2 N–H and O–H groups in total. The lowest BCUT2D eigenvalue weighted by Crippen LogP contribution is -2.57. The van der Waals surface area contributed by atoms with Gasteiger partial charge in [0.05, 0.1) is 17.6 Å². The second-order valence-corrected chi connectivity index (χ2v) is 6.46. The van der Waals surface area contributed by atoms with Gasteiger partial charge in [0.2, 0.25) is 0 Å². The fourth-order valence-electron chi connectivity index (χ4n) is 4.04. The number of hydrogen-bond acceptors (Lipinski definition) is 4. The predicted molar refractivity (Wildman–Crippen MR) is 85.3 cm³/mol.